The molecule has 1 aliphatic heterocycles. The Morgan fingerprint density at radius 3 is 2.52 bits per heavy atom. The van der Waals surface area contributed by atoms with E-state index in [1.54, 1.807) is 24.1 Å². The molecule has 0 spiro atoms. The number of hydrogen-bond acceptors (Lipinski definition) is 3. The van der Waals surface area contributed by atoms with Gasteiger partial charge in [0.2, 0.25) is 11.8 Å². The summed E-state index contributed by atoms with van der Waals surface area (Å²) < 4.78 is 13.0. The second kappa shape index (κ2) is 8.77. The summed E-state index contributed by atoms with van der Waals surface area (Å²) in [5.41, 5.74) is 3.14. The lowest BCUT2D eigenvalue weighted by molar-refractivity contribution is -0.141. The van der Waals surface area contributed by atoms with Crippen molar-refractivity contribution >= 4 is 11.8 Å². The van der Waals surface area contributed by atoms with E-state index < -0.39 is 6.04 Å². The van der Waals surface area contributed by atoms with Gasteiger partial charge in [0, 0.05) is 19.5 Å². The van der Waals surface area contributed by atoms with E-state index >= 15 is 0 Å². The minimum Gasteiger partial charge on any atom is -0.354 e. The van der Waals surface area contributed by atoms with Crippen LogP contribution >= 0.6 is 0 Å². The Hall–Kier alpha value is -2.73. The standard InChI is InChI=1S/C21H24FN3O2/c1-23-13-20(26)25-14-17-5-3-2-4-16(17)12-19(25)21(27)24-11-10-15-6-8-18(22)9-7-15/h2-9,19,23H,10-14H2,1H3,(H,24,27). The van der Waals surface area contributed by atoms with Crippen LogP contribution in [0.25, 0.3) is 0 Å². The summed E-state index contributed by atoms with van der Waals surface area (Å²) in [6.45, 7) is 1.07. The van der Waals surface area contributed by atoms with Crippen LogP contribution in [0.5, 0.6) is 0 Å². The molecule has 0 saturated heterocycles. The fourth-order valence-corrected chi connectivity index (χ4v) is 3.37. The molecule has 0 aromatic heterocycles. The second-order valence-corrected chi connectivity index (χ2v) is 6.71. The molecule has 6 heteroatoms. The molecule has 0 fully saturated rings. The topological polar surface area (TPSA) is 61.4 Å². The highest BCUT2D eigenvalue weighted by atomic mass is 19.1. The number of rotatable bonds is 6. The zero-order valence-corrected chi connectivity index (χ0v) is 15.4. The second-order valence-electron chi connectivity index (χ2n) is 6.71. The largest absolute Gasteiger partial charge is 0.354 e. The molecule has 0 aliphatic carbocycles. The highest BCUT2D eigenvalue weighted by Crippen LogP contribution is 2.23. The van der Waals surface area contributed by atoms with Gasteiger partial charge in [-0.15, -0.1) is 0 Å². The Labute approximate surface area is 158 Å². The van der Waals surface area contributed by atoms with E-state index in [-0.39, 0.29) is 24.2 Å². The summed E-state index contributed by atoms with van der Waals surface area (Å²) in [5.74, 6) is -0.524. The molecule has 2 aromatic rings. The molecular formula is C21H24FN3O2. The molecule has 1 heterocycles. The lowest BCUT2D eigenvalue weighted by Crippen LogP contribution is -2.54. The predicted octanol–water partition coefficient (Wildman–Crippen LogP) is 1.66. The Balaban J connectivity index is 1.66. The first-order valence-electron chi connectivity index (χ1n) is 9.11. The third-order valence-electron chi connectivity index (χ3n) is 4.83. The van der Waals surface area contributed by atoms with E-state index in [2.05, 4.69) is 10.6 Å². The van der Waals surface area contributed by atoms with Gasteiger partial charge in [-0.3, -0.25) is 9.59 Å². The van der Waals surface area contributed by atoms with E-state index in [9.17, 15) is 14.0 Å². The first kappa shape index (κ1) is 19.0. The molecule has 0 saturated carbocycles. The smallest absolute Gasteiger partial charge is 0.243 e. The Morgan fingerprint density at radius 2 is 1.81 bits per heavy atom. The van der Waals surface area contributed by atoms with Crippen molar-refractivity contribution in [3.05, 3.63) is 71.0 Å². The van der Waals surface area contributed by atoms with Gasteiger partial charge >= 0.3 is 0 Å². The van der Waals surface area contributed by atoms with Crippen molar-refractivity contribution in [1.82, 2.24) is 15.5 Å². The van der Waals surface area contributed by atoms with Gasteiger partial charge in [-0.05, 0) is 42.3 Å². The van der Waals surface area contributed by atoms with E-state index in [4.69, 9.17) is 0 Å². The Kier molecular flexibility index (Phi) is 6.19. The number of nitrogens with one attached hydrogen (secondary N) is 2. The normalized spacial score (nSPS) is 15.9. The van der Waals surface area contributed by atoms with Crippen molar-refractivity contribution in [3.63, 3.8) is 0 Å². The van der Waals surface area contributed by atoms with Crippen LogP contribution in [-0.2, 0) is 29.0 Å². The van der Waals surface area contributed by atoms with Crippen LogP contribution in [0.2, 0.25) is 0 Å². The first-order chi connectivity index (χ1) is 13.1. The molecule has 3 rings (SSSR count). The SMILES string of the molecule is CNCC(=O)N1Cc2ccccc2CC1C(=O)NCCc1ccc(F)cc1. The number of carbonyl (C=O) groups excluding carboxylic acids is 2. The molecule has 0 radical (unpaired) electrons. The number of nitrogens with zero attached hydrogens (tertiary/aromatic N) is 1. The maximum Gasteiger partial charge on any atom is 0.243 e. The minimum absolute atomic E-state index is 0.0920. The van der Waals surface area contributed by atoms with Crippen molar-refractivity contribution in [2.24, 2.45) is 0 Å². The third kappa shape index (κ3) is 4.71. The zero-order chi connectivity index (χ0) is 19.2. The number of carbonyl (C=O) groups is 2. The van der Waals surface area contributed by atoms with Crippen LogP contribution in [0.1, 0.15) is 16.7 Å². The molecule has 5 nitrogen and oxygen atoms in total. The molecule has 2 amide bonds. The number of benzene rings is 2. The van der Waals surface area contributed by atoms with Crippen LogP contribution in [0.15, 0.2) is 48.5 Å². The number of hydrogen-bond donors (Lipinski definition) is 2. The Morgan fingerprint density at radius 1 is 1.11 bits per heavy atom. The summed E-state index contributed by atoms with van der Waals surface area (Å²) >= 11 is 0. The average molecular weight is 369 g/mol. The number of fused-ring (bicyclic) bond motifs is 1. The van der Waals surface area contributed by atoms with Crippen molar-refractivity contribution in [1.29, 1.82) is 0 Å². The van der Waals surface area contributed by atoms with Gasteiger partial charge in [-0.1, -0.05) is 36.4 Å². The molecule has 142 valence electrons. The van der Waals surface area contributed by atoms with Crippen molar-refractivity contribution in [2.75, 3.05) is 20.1 Å². The maximum atomic E-state index is 13.0. The zero-order valence-electron chi connectivity index (χ0n) is 15.4. The van der Waals surface area contributed by atoms with E-state index in [0.717, 1.165) is 16.7 Å². The van der Waals surface area contributed by atoms with Crippen molar-refractivity contribution < 1.29 is 14.0 Å². The van der Waals surface area contributed by atoms with Crippen LogP contribution in [0.3, 0.4) is 0 Å². The fourth-order valence-electron chi connectivity index (χ4n) is 3.37. The lowest BCUT2D eigenvalue weighted by atomic mass is 9.93. The third-order valence-corrected chi connectivity index (χ3v) is 4.83. The number of halogens is 1. The van der Waals surface area contributed by atoms with Crippen LogP contribution in [0, 0.1) is 5.82 Å². The monoisotopic (exact) mass is 369 g/mol. The van der Waals surface area contributed by atoms with Gasteiger partial charge in [-0.2, -0.15) is 0 Å². The van der Waals surface area contributed by atoms with Gasteiger partial charge in [0.1, 0.15) is 11.9 Å². The predicted molar refractivity (Wildman–Crippen MR) is 102 cm³/mol. The molecular weight excluding hydrogens is 345 g/mol. The highest BCUT2D eigenvalue weighted by molar-refractivity contribution is 5.89. The van der Waals surface area contributed by atoms with Gasteiger partial charge in [0.05, 0.1) is 6.54 Å². The molecule has 2 aromatic carbocycles. The molecule has 27 heavy (non-hydrogen) atoms. The van der Waals surface area contributed by atoms with Crippen molar-refractivity contribution in [2.45, 2.75) is 25.4 Å². The van der Waals surface area contributed by atoms with Crippen molar-refractivity contribution in [3.8, 4) is 0 Å². The van der Waals surface area contributed by atoms with Gasteiger partial charge in [-0.25, -0.2) is 4.39 Å². The minimum atomic E-state index is -0.519. The van der Waals surface area contributed by atoms with Gasteiger partial charge < -0.3 is 15.5 Å². The molecule has 0 bridgehead atoms. The molecule has 1 unspecified atom stereocenters. The number of likely N-dealkylation sites (N-methyl/N-ethyl adjacent to an activating group) is 1. The Bertz CT molecular complexity index is 807. The van der Waals surface area contributed by atoms with E-state index in [1.807, 2.05) is 24.3 Å². The summed E-state index contributed by atoms with van der Waals surface area (Å²) in [6, 6.07) is 13.6. The van der Waals surface area contributed by atoms with E-state index in [1.165, 1.54) is 12.1 Å². The first-order valence-corrected chi connectivity index (χ1v) is 9.11. The van der Waals surface area contributed by atoms with Gasteiger partial charge in [0.15, 0.2) is 0 Å². The maximum absolute atomic E-state index is 13.0. The molecule has 1 atom stereocenters. The fraction of sp³-hybridized carbons (Fsp3) is 0.333. The lowest BCUT2D eigenvalue weighted by Gasteiger charge is -2.36. The summed E-state index contributed by atoms with van der Waals surface area (Å²) in [6.07, 6.45) is 1.12. The summed E-state index contributed by atoms with van der Waals surface area (Å²) in [5, 5.41) is 5.79. The van der Waals surface area contributed by atoms with Crippen LogP contribution in [0.4, 0.5) is 4.39 Å². The van der Waals surface area contributed by atoms with Crippen LogP contribution in [-0.4, -0.2) is 42.9 Å². The quantitative estimate of drug-likeness (QED) is 0.814. The average Bonchev–Trinajstić information content (AvgIpc) is 2.68. The van der Waals surface area contributed by atoms with Crippen LogP contribution < -0.4 is 10.6 Å². The number of amides is 2. The molecule has 1 aliphatic rings. The summed E-state index contributed by atoms with van der Waals surface area (Å²) in [4.78, 5) is 26.9. The molecule has 2 N–H and O–H groups in total. The summed E-state index contributed by atoms with van der Waals surface area (Å²) in [7, 11) is 1.72. The van der Waals surface area contributed by atoms with Gasteiger partial charge in [0.25, 0.3) is 0 Å². The highest BCUT2D eigenvalue weighted by Gasteiger charge is 2.33. The van der Waals surface area contributed by atoms with E-state index in [0.29, 0.717) is 25.9 Å².